The van der Waals surface area contributed by atoms with Crippen LogP contribution in [-0.4, -0.2) is 24.1 Å². The van der Waals surface area contributed by atoms with Gasteiger partial charge in [-0.05, 0) is 19.1 Å². The lowest BCUT2D eigenvalue weighted by Gasteiger charge is -2.13. The van der Waals surface area contributed by atoms with Crippen molar-refractivity contribution < 1.29 is 28.3 Å². The summed E-state index contributed by atoms with van der Waals surface area (Å²) < 4.78 is 29.0. The van der Waals surface area contributed by atoms with E-state index in [2.05, 4.69) is 0 Å². The average Bonchev–Trinajstić information content (AvgIpc) is 2.62. The molecule has 0 fully saturated rings. The maximum atomic E-state index is 13.5. The highest BCUT2D eigenvalue weighted by Gasteiger charge is 2.18. The van der Waals surface area contributed by atoms with Crippen molar-refractivity contribution >= 4 is 23.3 Å². The van der Waals surface area contributed by atoms with Gasteiger partial charge in [0.15, 0.2) is 18.1 Å². The van der Waals surface area contributed by atoms with Gasteiger partial charge in [-0.15, -0.1) is 0 Å². The highest BCUT2D eigenvalue weighted by atomic mass is 35.5. The van der Waals surface area contributed by atoms with Crippen LogP contribution in [0.15, 0.2) is 30.3 Å². The molecule has 27 heavy (non-hydrogen) atoms. The topological polar surface area (TPSA) is 112 Å². The molecule has 0 amide bonds. The smallest absolute Gasteiger partial charge is 0.349 e. The van der Waals surface area contributed by atoms with Crippen molar-refractivity contribution in [1.82, 2.24) is 0 Å². The summed E-state index contributed by atoms with van der Waals surface area (Å²) in [7, 11) is 0. The number of carbonyl (C=O) groups excluding carboxylic acids is 1. The van der Waals surface area contributed by atoms with Crippen LogP contribution in [0.2, 0.25) is 5.02 Å². The Kier molecular flexibility index (Phi) is 6.51. The van der Waals surface area contributed by atoms with Gasteiger partial charge in [0.1, 0.15) is 5.75 Å². The van der Waals surface area contributed by atoms with Crippen LogP contribution in [0.1, 0.15) is 12.5 Å². The minimum atomic E-state index is -1.10. The van der Waals surface area contributed by atoms with Crippen molar-refractivity contribution in [2.75, 3.05) is 13.2 Å². The van der Waals surface area contributed by atoms with Gasteiger partial charge in [-0.3, -0.25) is 10.1 Å². The quantitative estimate of drug-likeness (QED) is 0.305. The lowest BCUT2D eigenvalue weighted by molar-refractivity contribution is -0.387. The molecule has 10 heteroatoms. The van der Waals surface area contributed by atoms with Gasteiger partial charge in [-0.2, -0.15) is 9.65 Å². The van der Waals surface area contributed by atoms with Gasteiger partial charge in [-0.25, -0.2) is 4.79 Å². The van der Waals surface area contributed by atoms with E-state index in [0.29, 0.717) is 0 Å². The fraction of sp³-hybridized carbons (Fsp3) is 0.176. The number of benzene rings is 2. The molecule has 0 aliphatic rings. The number of nitrogens with zero attached hydrogens (tertiary/aromatic N) is 2. The molecule has 0 heterocycles. The van der Waals surface area contributed by atoms with E-state index in [1.54, 1.807) is 6.92 Å². The molecule has 2 aromatic rings. The van der Waals surface area contributed by atoms with Gasteiger partial charge < -0.3 is 14.2 Å². The Morgan fingerprint density at radius 2 is 2.07 bits per heavy atom. The normalized spacial score (nSPS) is 10.0. The van der Waals surface area contributed by atoms with Gasteiger partial charge in [0.2, 0.25) is 5.82 Å². The van der Waals surface area contributed by atoms with E-state index in [9.17, 15) is 19.3 Å². The largest absolute Gasteiger partial charge is 0.490 e. The number of nitro groups is 1. The molecule has 0 saturated heterocycles. The lowest BCUT2D eigenvalue weighted by Crippen LogP contribution is -2.18. The Labute approximate surface area is 157 Å². The third kappa shape index (κ3) is 5.05. The third-order valence-electron chi connectivity index (χ3n) is 3.13. The first kappa shape index (κ1) is 19.9. The van der Waals surface area contributed by atoms with Gasteiger partial charge in [0.25, 0.3) is 0 Å². The molecule has 2 rings (SSSR count). The third-order valence-corrected chi connectivity index (χ3v) is 3.41. The maximum Gasteiger partial charge on any atom is 0.349 e. The molecule has 0 spiro atoms. The molecule has 0 aliphatic heterocycles. The molecule has 0 aliphatic carbocycles. The van der Waals surface area contributed by atoms with Crippen molar-refractivity contribution in [3.63, 3.8) is 0 Å². The zero-order valence-corrected chi connectivity index (χ0v) is 14.7. The minimum Gasteiger partial charge on any atom is -0.490 e. The van der Waals surface area contributed by atoms with Crippen molar-refractivity contribution in [2.45, 2.75) is 6.92 Å². The summed E-state index contributed by atoms with van der Waals surface area (Å²) >= 11 is 6.02. The Bertz CT molecular complexity index is 928. The summed E-state index contributed by atoms with van der Waals surface area (Å²) in [6, 6.07) is 7.42. The van der Waals surface area contributed by atoms with E-state index < -0.39 is 29.0 Å². The molecular formula is C17H12ClFN2O6. The fourth-order valence-corrected chi connectivity index (χ4v) is 2.25. The predicted molar refractivity (Wildman–Crippen MR) is 91.5 cm³/mol. The van der Waals surface area contributed by atoms with E-state index in [1.807, 2.05) is 6.07 Å². The predicted octanol–water partition coefficient (Wildman–Crippen LogP) is 3.64. The van der Waals surface area contributed by atoms with Crippen molar-refractivity contribution in [2.24, 2.45) is 0 Å². The van der Waals surface area contributed by atoms with Gasteiger partial charge in [-0.1, -0.05) is 11.6 Å². The first-order valence-electron chi connectivity index (χ1n) is 7.49. The van der Waals surface area contributed by atoms with E-state index in [4.69, 9.17) is 31.1 Å². The van der Waals surface area contributed by atoms with Crippen LogP contribution >= 0.6 is 11.6 Å². The molecule has 8 nitrogen and oxygen atoms in total. The number of carbonyl (C=O) groups is 1. The molecule has 0 bridgehead atoms. The molecule has 0 radical (unpaired) electrons. The number of ether oxygens (including phenoxy) is 3. The number of nitro benzene ring substituents is 1. The van der Waals surface area contributed by atoms with Crippen LogP contribution in [0, 0.1) is 27.3 Å². The first-order chi connectivity index (χ1) is 12.8. The minimum absolute atomic E-state index is 0.00719. The lowest BCUT2D eigenvalue weighted by atomic mass is 10.2. The number of rotatable bonds is 7. The fourth-order valence-electron chi connectivity index (χ4n) is 2.01. The number of halogens is 2. The van der Waals surface area contributed by atoms with Crippen LogP contribution in [0.5, 0.6) is 17.2 Å². The average molecular weight is 395 g/mol. The van der Waals surface area contributed by atoms with Gasteiger partial charge >= 0.3 is 11.7 Å². The molecule has 0 aromatic heterocycles. The van der Waals surface area contributed by atoms with Crippen LogP contribution < -0.4 is 14.2 Å². The molecule has 0 N–H and O–H groups in total. The van der Waals surface area contributed by atoms with E-state index in [0.717, 1.165) is 18.2 Å². The zero-order chi connectivity index (χ0) is 20.0. The summed E-state index contributed by atoms with van der Waals surface area (Å²) in [5.41, 5.74) is -0.489. The van der Waals surface area contributed by atoms with E-state index in [-0.39, 0.29) is 34.4 Å². The summed E-state index contributed by atoms with van der Waals surface area (Å²) in [5, 5.41) is 19.5. The van der Waals surface area contributed by atoms with E-state index in [1.165, 1.54) is 12.1 Å². The Hall–Kier alpha value is -3.38. The first-order valence-corrected chi connectivity index (χ1v) is 7.87. The summed E-state index contributed by atoms with van der Waals surface area (Å²) in [6.07, 6.45) is 0. The number of hydrogen-bond donors (Lipinski definition) is 0. The maximum absolute atomic E-state index is 13.5. The van der Waals surface area contributed by atoms with Gasteiger partial charge in [0, 0.05) is 18.2 Å². The second kappa shape index (κ2) is 8.82. The molecule has 0 atom stereocenters. The molecule has 140 valence electrons. The SMILES string of the molecule is CCOc1cc(C#N)cc(Cl)c1OC(=O)COc1ccc([N+](=O)[O-])c(F)c1. The van der Waals surface area contributed by atoms with Crippen LogP contribution in [0.3, 0.4) is 0 Å². The Morgan fingerprint density at radius 1 is 1.33 bits per heavy atom. The second-order valence-corrected chi connectivity index (χ2v) is 5.37. The Morgan fingerprint density at radius 3 is 2.67 bits per heavy atom. The Balaban J connectivity index is 2.09. The molecule has 0 unspecified atom stereocenters. The van der Waals surface area contributed by atoms with E-state index >= 15 is 0 Å². The second-order valence-electron chi connectivity index (χ2n) is 4.96. The summed E-state index contributed by atoms with van der Waals surface area (Å²) in [6.45, 7) is 1.33. The van der Waals surface area contributed by atoms with Crippen molar-refractivity contribution in [3.8, 4) is 23.3 Å². The molecular weight excluding hydrogens is 383 g/mol. The van der Waals surface area contributed by atoms with Crippen molar-refractivity contribution in [1.29, 1.82) is 5.26 Å². The van der Waals surface area contributed by atoms with Crippen LogP contribution in [0.25, 0.3) is 0 Å². The summed E-state index contributed by atoms with van der Waals surface area (Å²) in [5.74, 6) is -2.04. The monoisotopic (exact) mass is 394 g/mol. The van der Waals surface area contributed by atoms with Gasteiger partial charge in [0.05, 0.1) is 28.2 Å². The zero-order valence-electron chi connectivity index (χ0n) is 13.9. The number of nitriles is 1. The van der Waals surface area contributed by atoms with Crippen LogP contribution in [-0.2, 0) is 4.79 Å². The summed E-state index contributed by atoms with van der Waals surface area (Å²) in [4.78, 5) is 21.7. The van der Waals surface area contributed by atoms with Crippen LogP contribution in [0.4, 0.5) is 10.1 Å². The highest BCUT2D eigenvalue weighted by Crippen LogP contribution is 2.36. The van der Waals surface area contributed by atoms with Crippen molar-refractivity contribution in [3.05, 3.63) is 56.8 Å². The molecule has 2 aromatic carbocycles. The standard InChI is InChI=1S/C17H12ClFN2O6/c1-2-25-15-6-10(8-20)5-12(18)17(15)27-16(22)9-26-11-3-4-14(21(23)24)13(19)7-11/h3-7H,2,9H2,1H3. The highest BCUT2D eigenvalue weighted by molar-refractivity contribution is 6.32. The number of hydrogen-bond acceptors (Lipinski definition) is 7. The molecule has 0 saturated carbocycles. The number of esters is 1.